The summed E-state index contributed by atoms with van der Waals surface area (Å²) in [5.74, 6) is 0. The summed E-state index contributed by atoms with van der Waals surface area (Å²) in [6.07, 6.45) is 1.78. The quantitative estimate of drug-likeness (QED) is 0.910. The van der Waals surface area contributed by atoms with Crippen molar-refractivity contribution in [2.75, 3.05) is 24.6 Å². The number of carbonyl (C=O) groups excluding carboxylic acids is 1. The van der Waals surface area contributed by atoms with Gasteiger partial charge in [0.2, 0.25) is 0 Å². The Morgan fingerprint density at radius 1 is 1.42 bits per heavy atom. The molecule has 1 aromatic rings. The van der Waals surface area contributed by atoms with E-state index >= 15 is 0 Å². The first-order valence-electron chi connectivity index (χ1n) is 7.04. The molecule has 1 atom stereocenters. The molecule has 0 aliphatic carbocycles. The first-order chi connectivity index (χ1) is 9.27. The van der Waals surface area contributed by atoms with Gasteiger partial charge < -0.3 is 10.1 Å². The van der Waals surface area contributed by atoms with Gasteiger partial charge in [0.15, 0.2) is 0 Å². The Hall–Kier alpha value is -1.55. The van der Waals surface area contributed by atoms with Crippen LogP contribution in [0.2, 0.25) is 0 Å². The van der Waals surface area contributed by atoms with E-state index in [-0.39, 0.29) is 6.09 Å². The highest BCUT2D eigenvalue weighted by Crippen LogP contribution is 2.33. The number of fused-ring (bicyclic) bond motifs is 1. The zero-order valence-electron chi connectivity index (χ0n) is 11.7. The van der Waals surface area contributed by atoms with Gasteiger partial charge in [0, 0.05) is 12.6 Å². The molecule has 0 bridgehead atoms. The summed E-state index contributed by atoms with van der Waals surface area (Å²) in [6, 6.07) is 8.42. The minimum absolute atomic E-state index is 0.243. The zero-order valence-corrected chi connectivity index (χ0v) is 11.7. The van der Waals surface area contributed by atoms with Crippen molar-refractivity contribution in [3.63, 3.8) is 0 Å². The third-order valence-corrected chi connectivity index (χ3v) is 3.42. The van der Waals surface area contributed by atoms with E-state index in [0.717, 1.165) is 31.6 Å². The molecule has 2 rings (SSSR count). The van der Waals surface area contributed by atoms with E-state index in [1.54, 1.807) is 4.90 Å². The molecule has 0 fully saturated rings. The molecule has 0 saturated carbocycles. The van der Waals surface area contributed by atoms with E-state index in [9.17, 15) is 4.79 Å². The Morgan fingerprint density at radius 2 is 2.21 bits per heavy atom. The van der Waals surface area contributed by atoms with Crippen molar-refractivity contribution in [3.8, 4) is 0 Å². The van der Waals surface area contributed by atoms with E-state index in [2.05, 4.69) is 18.3 Å². The number of para-hydroxylation sites is 1. The van der Waals surface area contributed by atoms with Crippen molar-refractivity contribution in [3.05, 3.63) is 29.8 Å². The molecule has 19 heavy (non-hydrogen) atoms. The Morgan fingerprint density at radius 3 is 2.95 bits per heavy atom. The second-order valence-corrected chi connectivity index (χ2v) is 4.66. The minimum Gasteiger partial charge on any atom is -0.449 e. The van der Waals surface area contributed by atoms with E-state index in [0.29, 0.717) is 12.6 Å². The Bertz CT molecular complexity index is 434. The highest BCUT2D eigenvalue weighted by atomic mass is 16.6. The number of rotatable bonds is 3. The van der Waals surface area contributed by atoms with Gasteiger partial charge >= 0.3 is 6.09 Å². The fraction of sp³-hybridized carbons (Fsp3) is 0.533. The summed E-state index contributed by atoms with van der Waals surface area (Å²) in [7, 11) is 0. The van der Waals surface area contributed by atoms with Crippen LogP contribution in [0.5, 0.6) is 0 Å². The monoisotopic (exact) mass is 262 g/mol. The molecule has 0 radical (unpaired) electrons. The number of nitrogens with one attached hydrogen (secondary N) is 1. The molecular formula is C15H22N2O2. The fourth-order valence-electron chi connectivity index (χ4n) is 2.61. The maximum Gasteiger partial charge on any atom is 0.414 e. The minimum atomic E-state index is -0.243. The van der Waals surface area contributed by atoms with Gasteiger partial charge in [-0.05, 0) is 37.9 Å². The lowest BCUT2D eigenvalue weighted by molar-refractivity contribution is 0.159. The largest absolute Gasteiger partial charge is 0.449 e. The average Bonchev–Trinajstić information content (AvgIpc) is 2.60. The number of anilines is 1. The summed E-state index contributed by atoms with van der Waals surface area (Å²) in [5.41, 5.74) is 2.17. The van der Waals surface area contributed by atoms with E-state index < -0.39 is 0 Å². The van der Waals surface area contributed by atoms with Crippen LogP contribution in [-0.2, 0) is 4.74 Å². The van der Waals surface area contributed by atoms with Crippen LogP contribution in [0.1, 0.15) is 38.3 Å². The first-order valence-corrected chi connectivity index (χ1v) is 7.04. The number of benzene rings is 1. The van der Waals surface area contributed by atoms with Crippen LogP contribution in [-0.4, -0.2) is 25.8 Å². The molecule has 0 saturated heterocycles. The summed E-state index contributed by atoms with van der Waals surface area (Å²) >= 11 is 0. The smallest absolute Gasteiger partial charge is 0.414 e. The van der Waals surface area contributed by atoms with Gasteiger partial charge in [0.1, 0.15) is 0 Å². The number of carbonyl (C=O) groups is 1. The van der Waals surface area contributed by atoms with Gasteiger partial charge in [-0.2, -0.15) is 0 Å². The molecule has 1 amide bonds. The summed E-state index contributed by atoms with van der Waals surface area (Å²) in [6.45, 7) is 6.00. The maximum atomic E-state index is 12.1. The van der Waals surface area contributed by atoms with Gasteiger partial charge in [-0.25, -0.2) is 4.79 Å². The third kappa shape index (κ3) is 3.07. The van der Waals surface area contributed by atoms with Crippen molar-refractivity contribution in [1.29, 1.82) is 0 Å². The van der Waals surface area contributed by atoms with Crippen LogP contribution in [0, 0.1) is 0 Å². The Labute approximate surface area is 114 Å². The highest BCUT2D eigenvalue weighted by Gasteiger charge is 2.26. The van der Waals surface area contributed by atoms with Crippen LogP contribution < -0.4 is 10.2 Å². The van der Waals surface area contributed by atoms with Crippen molar-refractivity contribution in [1.82, 2.24) is 5.32 Å². The molecule has 1 N–H and O–H groups in total. The average molecular weight is 262 g/mol. The standard InChI is InChI=1S/C15H22N2O2/c1-3-16-13-9-7-11-17(15(18)19-4-2)14-10-6-5-8-12(13)14/h5-6,8,10,13,16H,3-4,7,9,11H2,1-2H3. The normalized spacial score (nSPS) is 18.6. The van der Waals surface area contributed by atoms with Gasteiger partial charge in [0.05, 0.1) is 12.3 Å². The van der Waals surface area contributed by atoms with Crippen LogP contribution in [0.15, 0.2) is 24.3 Å². The molecule has 1 aromatic carbocycles. The predicted molar refractivity (Wildman–Crippen MR) is 76.5 cm³/mol. The number of hydrogen-bond acceptors (Lipinski definition) is 3. The topological polar surface area (TPSA) is 41.6 Å². The number of nitrogens with zero attached hydrogens (tertiary/aromatic N) is 1. The molecule has 0 aromatic heterocycles. The Balaban J connectivity index is 2.32. The fourth-order valence-corrected chi connectivity index (χ4v) is 2.61. The number of amides is 1. The van der Waals surface area contributed by atoms with Gasteiger partial charge in [-0.15, -0.1) is 0 Å². The van der Waals surface area contributed by atoms with Crippen LogP contribution in [0.4, 0.5) is 10.5 Å². The number of ether oxygens (including phenoxy) is 1. The summed E-state index contributed by atoms with van der Waals surface area (Å²) in [5, 5.41) is 3.49. The molecule has 4 heteroatoms. The van der Waals surface area contributed by atoms with Crippen LogP contribution in [0.3, 0.4) is 0 Å². The molecule has 1 unspecified atom stereocenters. The van der Waals surface area contributed by atoms with E-state index in [1.807, 2.05) is 25.1 Å². The molecule has 1 aliphatic rings. The van der Waals surface area contributed by atoms with Gasteiger partial charge in [0.25, 0.3) is 0 Å². The van der Waals surface area contributed by atoms with Crippen molar-refractivity contribution in [2.45, 2.75) is 32.7 Å². The lowest BCUT2D eigenvalue weighted by Gasteiger charge is -2.23. The lowest BCUT2D eigenvalue weighted by Crippen LogP contribution is -2.32. The van der Waals surface area contributed by atoms with Crippen molar-refractivity contribution in [2.24, 2.45) is 0 Å². The Kier molecular flexibility index (Phi) is 4.80. The highest BCUT2D eigenvalue weighted by molar-refractivity contribution is 5.89. The third-order valence-electron chi connectivity index (χ3n) is 3.42. The van der Waals surface area contributed by atoms with E-state index in [1.165, 1.54) is 5.56 Å². The second kappa shape index (κ2) is 6.57. The molecule has 4 nitrogen and oxygen atoms in total. The zero-order chi connectivity index (χ0) is 13.7. The van der Waals surface area contributed by atoms with Crippen LogP contribution >= 0.6 is 0 Å². The molecule has 1 heterocycles. The first kappa shape index (κ1) is 13.9. The molecule has 104 valence electrons. The maximum absolute atomic E-state index is 12.1. The predicted octanol–water partition coefficient (Wildman–Crippen LogP) is 3.09. The summed E-state index contributed by atoms with van der Waals surface area (Å²) in [4.78, 5) is 13.8. The SMILES string of the molecule is CCNC1CCCN(C(=O)OCC)c2ccccc21. The molecular weight excluding hydrogens is 240 g/mol. The van der Waals surface area contributed by atoms with Gasteiger partial charge in [-0.1, -0.05) is 25.1 Å². The number of hydrogen-bond donors (Lipinski definition) is 1. The molecule has 1 aliphatic heterocycles. The lowest BCUT2D eigenvalue weighted by atomic mass is 10.0. The van der Waals surface area contributed by atoms with E-state index in [4.69, 9.17) is 4.74 Å². The van der Waals surface area contributed by atoms with Crippen molar-refractivity contribution < 1.29 is 9.53 Å². The van der Waals surface area contributed by atoms with Crippen molar-refractivity contribution >= 4 is 11.8 Å². The van der Waals surface area contributed by atoms with Gasteiger partial charge in [-0.3, -0.25) is 4.90 Å². The van der Waals surface area contributed by atoms with Crippen LogP contribution in [0.25, 0.3) is 0 Å². The molecule has 0 spiro atoms. The summed E-state index contributed by atoms with van der Waals surface area (Å²) < 4.78 is 5.16. The second-order valence-electron chi connectivity index (χ2n) is 4.66.